The van der Waals surface area contributed by atoms with Crippen LogP contribution in [0.3, 0.4) is 0 Å². The fourth-order valence-electron chi connectivity index (χ4n) is 2.97. The number of nitrogens with one attached hydrogen (secondary N) is 1. The molecule has 0 radical (unpaired) electrons. The highest BCUT2D eigenvalue weighted by Crippen LogP contribution is 2.07. The number of benzene rings is 2. The van der Waals surface area contributed by atoms with E-state index in [0.29, 0.717) is 24.3 Å². The minimum Gasteiger partial charge on any atom is -0.385 e. The largest absolute Gasteiger partial charge is 0.385 e. The van der Waals surface area contributed by atoms with E-state index in [9.17, 15) is 18.8 Å². The van der Waals surface area contributed by atoms with Crippen molar-refractivity contribution in [3.05, 3.63) is 92.0 Å². The number of amides is 1. The molecule has 3 rings (SSSR count). The lowest BCUT2D eigenvalue weighted by Gasteiger charge is -2.12. The second-order valence-corrected chi connectivity index (χ2v) is 7.00. The summed E-state index contributed by atoms with van der Waals surface area (Å²) in [6.07, 6.45) is 0.553. The Hall–Kier alpha value is -3.59. The quantitative estimate of drug-likeness (QED) is 0.553. The van der Waals surface area contributed by atoms with Crippen molar-refractivity contribution in [1.29, 1.82) is 0 Å². The lowest BCUT2D eigenvalue weighted by Crippen LogP contribution is -2.46. The number of ether oxygens (including phenoxy) is 1. The average molecular weight is 426 g/mol. The van der Waals surface area contributed by atoms with E-state index in [0.717, 1.165) is 14.8 Å². The Labute approximate surface area is 177 Å². The zero-order valence-electron chi connectivity index (χ0n) is 17.3. The minimum absolute atomic E-state index is 0.201. The van der Waals surface area contributed by atoms with Crippen LogP contribution >= 0.6 is 0 Å². The maximum atomic E-state index is 13.6. The molecule has 0 fully saturated rings. The van der Waals surface area contributed by atoms with Gasteiger partial charge in [0.25, 0.3) is 11.5 Å². The molecule has 0 aliphatic carbocycles. The first kappa shape index (κ1) is 22.1. The maximum absolute atomic E-state index is 13.6. The van der Waals surface area contributed by atoms with Crippen LogP contribution in [0.2, 0.25) is 0 Å². The van der Waals surface area contributed by atoms with E-state index in [4.69, 9.17) is 4.74 Å². The topological polar surface area (TPSA) is 95.2 Å². The van der Waals surface area contributed by atoms with E-state index in [2.05, 4.69) is 10.4 Å². The van der Waals surface area contributed by atoms with E-state index in [-0.39, 0.29) is 13.1 Å². The number of nitrogens with zero attached hydrogens (tertiary/aromatic N) is 3. The maximum Gasteiger partial charge on any atom is 0.352 e. The molecule has 31 heavy (non-hydrogen) atoms. The summed E-state index contributed by atoms with van der Waals surface area (Å²) in [6.45, 7) is 2.42. The minimum atomic E-state index is -0.845. The van der Waals surface area contributed by atoms with Crippen LogP contribution in [-0.4, -0.2) is 40.5 Å². The van der Waals surface area contributed by atoms with Gasteiger partial charge in [0.05, 0.1) is 12.2 Å². The van der Waals surface area contributed by atoms with Gasteiger partial charge in [-0.1, -0.05) is 29.8 Å². The Bertz CT molecular complexity index is 1190. The third kappa shape index (κ3) is 5.32. The van der Waals surface area contributed by atoms with Crippen molar-refractivity contribution in [2.75, 3.05) is 20.3 Å². The fourth-order valence-corrected chi connectivity index (χ4v) is 2.97. The van der Waals surface area contributed by atoms with Crippen molar-refractivity contribution in [3.63, 3.8) is 0 Å². The average Bonchev–Trinajstić information content (AvgIpc) is 2.75. The highest BCUT2D eigenvalue weighted by molar-refractivity contribution is 5.91. The Morgan fingerprint density at radius 2 is 1.90 bits per heavy atom. The molecule has 0 bridgehead atoms. The Balaban J connectivity index is 2.08. The van der Waals surface area contributed by atoms with Crippen LogP contribution < -0.4 is 16.6 Å². The molecule has 0 unspecified atom stereocenters. The SMILES string of the molecule is COCCCNC(=O)c1nn(-c2ccc(C)cc2)c(=O)n(Cc2cccc(F)c2)c1=O. The molecule has 0 spiro atoms. The third-order valence-corrected chi connectivity index (χ3v) is 4.59. The second kappa shape index (κ2) is 9.94. The fraction of sp³-hybridized carbons (Fsp3) is 0.273. The second-order valence-electron chi connectivity index (χ2n) is 7.00. The third-order valence-electron chi connectivity index (χ3n) is 4.59. The van der Waals surface area contributed by atoms with Gasteiger partial charge in [-0.05, 0) is 43.2 Å². The van der Waals surface area contributed by atoms with Crippen LogP contribution in [0.1, 0.15) is 28.0 Å². The van der Waals surface area contributed by atoms with Crippen molar-refractivity contribution >= 4 is 5.91 Å². The van der Waals surface area contributed by atoms with Gasteiger partial charge in [0.15, 0.2) is 0 Å². The number of carbonyl (C=O) groups is 1. The molecule has 1 amide bonds. The lowest BCUT2D eigenvalue weighted by atomic mass is 10.2. The number of carbonyl (C=O) groups excluding carboxylic acids is 1. The van der Waals surface area contributed by atoms with Crippen molar-refractivity contribution < 1.29 is 13.9 Å². The van der Waals surface area contributed by atoms with E-state index >= 15 is 0 Å². The molecule has 2 aromatic carbocycles. The first-order chi connectivity index (χ1) is 14.9. The van der Waals surface area contributed by atoms with Gasteiger partial charge in [0.1, 0.15) is 5.82 Å². The summed E-state index contributed by atoms with van der Waals surface area (Å²) in [6, 6.07) is 12.5. The van der Waals surface area contributed by atoms with Crippen LogP contribution in [0.15, 0.2) is 58.1 Å². The van der Waals surface area contributed by atoms with E-state index in [1.807, 2.05) is 6.92 Å². The molecule has 1 N–H and O–H groups in total. The summed E-state index contributed by atoms with van der Waals surface area (Å²) in [4.78, 5) is 38.6. The molecule has 0 atom stereocenters. The van der Waals surface area contributed by atoms with Crippen molar-refractivity contribution in [3.8, 4) is 5.69 Å². The summed E-state index contributed by atoms with van der Waals surface area (Å²) in [5, 5.41) is 6.66. The molecular formula is C22H23FN4O4. The molecule has 9 heteroatoms. The van der Waals surface area contributed by atoms with Gasteiger partial charge < -0.3 is 10.1 Å². The normalized spacial score (nSPS) is 10.8. The zero-order valence-corrected chi connectivity index (χ0v) is 17.3. The number of halogens is 1. The van der Waals surface area contributed by atoms with E-state index in [1.165, 1.54) is 18.2 Å². The van der Waals surface area contributed by atoms with Gasteiger partial charge in [-0.3, -0.25) is 14.2 Å². The number of aryl methyl sites for hydroxylation is 1. The summed E-state index contributed by atoms with van der Waals surface area (Å²) in [5.41, 5.74) is -0.213. The van der Waals surface area contributed by atoms with Crippen molar-refractivity contribution in [2.45, 2.75) is 19.9 Å². The first-order valence-corrected chi connectivity index (χ1v) is 9.73. The highest BCUT2D eigenvalue weighted by atomic mass is 19.1. The number of aromatic nitrogens is 3. The van der Waals surface area contributed by atoms with Crippen LogP contribution in [0.25, 0.3) is 5.69 Å². The summed E-state index contributed by atoms with van der Waals surface area (Å²) >= 11 is 0. The molecule has 0 saturated heterocycles. The smallest absolute Gasteiger partial charge is 0.352 e. The predicted molar refractivity (Wildman–Crippen MR) is 113 cm³/mol. The molecule has 1 aromatic heterocycles. The molecule has 162 valence electrons. The van der Waals surface area contributed by atoms with Gasteiger partial charge in [-0.15, -0.1) is 0 Å². The van der Waals surface area contributed by atoms with Crippen molar-refractivity contribution in [1.82, 2.24) is 19.7 Å². The summed E-state index contributed by atoms with van der Waals surface area (Å²) in [7, 11) is 1.55. The first-order valence-electron chi connectivity index (χ1n) is 9.73. The van der Waals surface area contributed by atoms with E-state index < -0.39 is 28.7 Å². The van der Waals surface area contributed by atoms with Gasteiger partial charge in [-0.25, -0.2) is 9.18 Å². The molecular weight excluding hydrogens is 403 g/mol. The molecule has 0 aliphatic heterocycles. The Morgan fingerprint density at radius 3 is 2.58 bits per heavy atom. The van der Waals surface area contributed by atoms with Crippen LogP contribution in [0.5, 0.6) is 0 Å². The van der Waals surface area contributed by atoms with Crippen LogP contribution in [-0.2, 0) is 11.3 Å². The molecule has 0 saturated carbocycles. The number of methoxy groups -OCH3 is 1. The standard InChI is InChI=1S/C22H23FN4O4/c1-15-7-9-18(10-8-15)27-22(30)26(14-16-5-3-6-17(23)13-16)21(29)19(25-27)20(28)24-11-4-12-31-2/h3,5-10,13H,4,11-12,14H2,1-2H3,(H,24,28). The summed E-state index contributed by atoms with van der Waals surface area (Å²) in [5.74, 6) is -1.19. The van der Waals surface area contributed by atoms with Gasteiger partial charge in [-0.2, -0.15) is 9.78 Å². The van der Waals surface area contributed by atoms with Gasteiger partial charge >= 0.3 is 5.69 Å². The Morgan fingerprint density at radius 1 is 1.16 bits per heavy atom. The monoisotopic (exact) mass is 426 g/mol. The van der Waals surface area contributed by atoms with Gasteiger partial charge in [0, 0.05) is 20.3 Å². The van der Waals surface area contributed by atoms with Crippen LogP contribution in [0.4, 0.5) is 4.39 Å². The van der Waals surface area contributed by atoms with Gasteiger partial charge in [0.2, 0.25) is 5.69 Å². The van der Waals surface area contributed by atoms with E-state index in [1.54, 1.807) is 37.4 Å². The Kier molecular flexibility index (Phi) is 7.09. The van der Waals surface area contributed by atoms with Crippen LogP contribution in [0, 0.1) is 12.7 Å². The summed E-state index contributed by atoms with van der Waals surface area (Å²) < 4.78 is 20.4. The molecule has 0 aliphatic rings. The number of hydrogen-bond donors (Lipinski definition) is 1. The number of hydrogen-bond acceptors (Lipinski definition) is 5. The zero-order chi connectivity index (χ0) is 22.4. The lowest BCUT2D eigenvalue weighted by molar-refractivity contribution is 0.0938. The number of rotatable bonds is 8. The molecule has 8 nitrogen and oxygen atoms in total. The highest BCUT2D eigenvalue weighted by Gasteiger charge is 2.20. The predicted octanol–water partition coefficient (Wildman–Crippen LogP) is 1.66. The molecule has 1 heterocycles. The van der Waals surface area contributed by atoms with Crippen molar-refractivity contribution in [2.24, 2.45) is 0 Å². The molecule has 3 aromatic rings.